The number of ether oxygens (including phenoxy) is 6. The molecule has 5 heterocycles. The van der Waals surface area contributed by atoms with Crippen molar-refractivity contribution in [1.29, 1.82) is 0 Å². The third-order valence-electron chi connectivity index (χ3n) is 11.1. The van der Waals surface area contributed by atoms with Gasteiger partial charge < -0.3 is 33.5 Å². The normalized spacial score (nSPS) is 57.1. The van der Waals surface area contributed by atoms with Gasteiger partial charge in [0.05, 0.1) is 31.0 Å². The average Bonchev–Trinajstić information content (AvgIpc) is 3.44. The van der Waals surface area contributed by atoms with E-state index >= 15 is 0 Å². The minimum absolute atomic E-state index is 0.0489. The minimum Gasteiger partial charge on any atom is -0.468 e. The van der Waals surface area contributed by atoms with E-state index in [0.29, 0.717) is 6.42 Å². The number of hydrogen-bond donors (Lipinski definition) is 1. The molecule has 5 saturated heterocycles. The molecule has 6 fully saturated rings. The van der Waals surface area contributed by atoms with E-state index in [-0.39, 0.29) is 12.4 Å². The Morgan fingerprint density at radius 3 is 2.47 bits per heavy atom. The van der Waals surface area contributed by atoms with Crippen LogP contribution >= 0.6 is 0 Å². The summed E-state index contributed by atoms with van der Waals surface area (Å²) in [5, 5.41) is 12.4. The second-order valence-corrected chi connectivity index (χ2v) is 12.6. The molecule has 0 aromatic carbocycles. The van der Waals surface area contributed by atoms with E-state index in [1.165, 1.54) is 7.11 Å². The largest absolute Gasteiger partial charge is 0.468 e. The maximum absolute atomic E-state index is 14.1. The van der Waals surface area contributed by atoms with Crippen LogP contribution in [0.15, 0.2) is 11.1 Å². The quantitative estimate of drug-likeness (QED) is 0.242. The van der Waals surface area contributed by atoms with Crippen molar-refractivity contribution < 1.29 is 47.9 Å². The van der Waals surface area contributed by atoms with E-state index in [1.807, 2.05) is 27.7 Å². The van der Waals surface area contributed by atoms with Gasteiger partial charge in [0.1, 0.15) is 23.2 Å². The molecule has 1 N–H and O–H groups in total. The van der Waals surface area contributed by atoms with Gasteiger partial charge in [-0.25, -0.2) is 0 Å². The van der Waals surface area contributed by atoms with Crippen molar-refractivity contribution in [2.24, 2.45) is 28.1 Å². The highest BCUT2D eigenvalue weighted by atomic mass is 16.8. The number of hydrogen-bond acceptors (Lipinski definition) is 10. The number of esters is 3. The summed E-state index contributed by atoms with van der Waals surface area (Å²) in [4.78, 5) is 40.3. The lowest BCUT2D eigenvalue weighted by molar-refractivity contribution is -0.375. The fourth-order valence-electron chi connectivity index (χ4n) is 9.61. The lowest BCUT2D eigenvalue weighted by Crippen LogP contribution is -2.76. The molecule has 36 heavy (non-hydrogen) atoms. The van der Waals surface area contributed by atoms with Gasteiger partial charge in [0.25, 0.3) is 0 Å². The first-order valence-electron chi connectivity index (χ1n) is 12.6. The molecule has 11 atom stereocenters. The molecule has 10 nitrogen and oxygen atoms in total. The molecule has 0 amide bonds. The van der Waals surface area contributed by atoms with E-state index < -0.39 is 81.6 Å². The summed E-state index contributed by atoms with van der Waals surface area (Å²) >= 11 is 0. The molecule has 196 valence electrons. The molecule has 0 aromatic heterocycles. The molecule has 1 spiro atoms. The summed E-state index contributed by atoms with van der Waals surface area (Å²) in [6, 6.07) is 0. The van der Waals surface area contributed by atoms with Gasteiger partial charge in [0.15, 0.2) is 5.60 Å². The molecule has 2 aliphatic carbocycles. The molecule has 0 unspecified atom stereocenters. The maximum Gasteiger partial charge on any atom is 0.318 e. The van der Waals surface area contributed by atoms with Gasteiger partial charge in [-0.1, -0.05) is 12.5 Å². The summed E-state index contributed by atoms with van der Waals surface area (Å²) in [7, 11) is 1.28. The SMILES string of the molecule is COC(=O)[C@]12[C@@H]3[C@H]4OC(=O)[C@]3(C)C[C@H]3C(C)=C5CC(=O)OC(C)(C)[C@@]56O[C@H]6[C@H](O[C@]1(O)[C@H](C)O4)[C@@]32C. The Labute approximate surface area is 208 Å². The molecule has 7 rings (SSSR count). The van der Waals surface area contributed by atoms with Crippen LogP contribution in [0.5, 0.6) is 0 Å². The first kappa shape index (κ1) is 23.1. The van der Waals surface area contributed by atoms with Gasteiger partial charge >= 0.3 is 17.9 Å². The molecular weight excluding hydrogens is 472 g/mol. The van der Waals surface area contributed by atoms with Crippen LogP contribution in [0, 0.1) is 28.1 Å². The number of rotatable bonds is 1. The van der Waals surface area contributed by atoms with Gasteiger partial charge in [-0.15, -0.1) is 0 Å². The summed E-state index contributed by atoms with van der Waals surface area (Å²) in [5.74, 6) is -4.89. The smallest absolute Gasteiger partial charge is 0.318 e. The van der Waals surface area contributed by atoms with Crippen LogP contribution in [0.4, 0.5) is 0 Å². The molecule has 0 bridgehead atoms. The summed E-state index contributed by atoms with van der Waals surface area (Å²) in [6.45, 7) is 10.9. The Bertz CT molecular complexity index is 1190. The Morgan fingerprint density at radius 2 is 1.81 bits per heavy atom. The maximum atomic E-state index is 14.1. The Hall–Kier alpha value is -2.01. The zero-order chi connectivity index (χ0) is 26.0. The summed E-state index contributed by atoms with van der Waals surface area (Å²) < 4.78 is 36.1. The predicted molar refractivity (Wildman–Crippen MR) is 118 cm³/mol. The average molecular weight is 505 g/mol. The first-order chi connectivity index (χ1) is 16.7. The van der Waals surface area contributed by atoms with E-state index in [9.17, 15) is 19.5 Å². The van der Waals surface area contributed by atoms with E-state index in [1.54, 1.807) is 13.8 Å². The highest BCUT2D eigenvalue weighted by molar-refractivity contribution is 5.88. The number of cyclic esters (lactones) is 1. The molecule has 10 heteroatoms. The second kappa shape index (κ2) is 6.00. The lowest BCUT2D eigenvalue weighted by Gasteiger charge is -2.63. The van der Waals surface area contributed by atoms with Crippen molar-refractivity contribution in [3.05, 3.63) is 11.1 Å². The lowest BCUT2D eigenvalue weighted by atomic mass is 9.38. The van der Waals surface area contributed by atoms with Crippen molar-refractivity contribution in [2.75, 3.05) is 7.11 Å². The van der Waals surface area contributed by atoms with Crippen molar-refractivity contribution in [1.82, 2.24) is 0 Å². The highest BCUT2D eigenvalue weighted by Gasteiger charge is 2.94. The number of fused-ring (bicyclic) bond motifs is 1. The number of carbonyl (C=O) groups excluding carboxylic acids is 3. The first-order valence-corrected chi connectivity index (χ1v) is 12.6. The van der Waals surface area contributed by atoms with Crippen LogP contribution in [-0.4, -0.2) is 71.7 Å². The van der Waals surface area contributed by atoms with Gasteiger partial charge in [0.2, 0.25) is 12.1 Å². The third kappa shape index (κ3) is 1.91. The van der Waals surface area contributed by atoms with Crippen molar-refractivity contribution in [3.8, 4) is 0 Å². The van der Waals surface area contributed by atoms with Gasteiger partial charge in [0, 0.05) is 5.41 Å². The molecule has 0 aromatic rings. The number of aliphatic hydroxyl groups is 1. The van der Waals surface area contributed by atoms with Crippen LogP contribution in [0.2, 0.25) is 0 Å². The fraction of sp³-hybridized carbons (Fsp3) is 0.808. The van der Waals surface area contributed by atoms with E-state index in [2.05, 4.69) is 0 Å². The molecule has 0 radical (unpaired) electrons. The molecule has 1 saturated carbocycles. The number of allylic oxidation sites excluding steroid dienone is 1. The highest BCUT2D eigenvalue weighted by Crippen LogP contribution is 2.81. The van der Waals surface area contributed by atoms with Crippen molar-refractivity contribution >= 4 is 17.9 Å². The summed E-state index contributed by atoms with van der Waals surface area (Å²) in [6.07, 6.45) is -3.03. The Balaban J connectivity index is 1.59. The van der Waals surface area contributed by atoms with Crippen LogP contribution in [0.25, 0.3) is 0 Å². The van der Waals surface area contributed by atoms with E-state index in [4.69, 9.17) is 28.4 Å². The predicted octanol–water partition coefficient (Wildman–Crippen LogP) is 1.38. The van der Waals surface area contributed by atoms with Crippen LogP contribution in [0.3, 0.4) is 0 Å². The molecule has 5 aliphatic heterocycles. The van der Waals surface area contributed by atoms with Crippen LogP contribution < -0.4 is 0 Å². The fourth-order valence-corrected chi connectivity index (χ4v) is 9.61. The zero-order valence-corrected chi connectivity index (χ0v) is 21.5. The number of epoxide rings is 1. The molecule has 7 aliphatic rings. The van der Waals surface area contributed by atoms with Crippen molar-refractivity contribution in [2.45, 2.75) is 96.0 Å². The summed E-state index contributed by atoms with van der Waals surface area (Å²) in [5.41, 5.74) is -4.24. The third-order valence-corrected chi connectivity index (χ3v) is 11.1. The number of methoxy groups -OCH3 is 1. The van der Waals surface area contributed by atoms with Crippen molar-refractivity contribution in [3.63, 3.8) is 0 Å². The van der Waals surface area contributed by atoms with Crippen LogP contribution in [0.1, 0.15) is 54.4 Å². The topological polar surface area (TPSA) is 130 Å². The molecular formula is C26H32O10. The van der Waals surface area contributed by atoms with E-state index in [0.717, 1.165) is 11.1 Å². The van der Waals surface area contributed by atoms with Gasteiger partial charge in [-0.05, 0) is 52.5 Å². The number of carbonyl (C=O) groups is 3. The Kier molecular flexibility index (Phi) is 3.86. The monoisotopic (exact) mass is 504 g/mol. The minimum atomic E-state index is -2.12. The van der Waals surface area contributed by atoms with Gasteiger partial charge in [-0.2, -0.15) is 0 Å². The zero-order valence-electron chi connectivity index (χ0n) is 21.5. The standard InChI is InChI=1S/C26H32O10/c1-10-12-8-14(27)34-21(3,4)25(12)17(35-25)16-23(6)13(10)9-22(5)15-18(33-19(22)28)32-11(2)26(30,36-16)24(15,23)20(29)31-7/h11,13,15-18,30H,8-9H2,1-7H3/t11-,13-,15+,16-,17-,18+,22+,23+,24-,25+,26+/m0/s1. The van der Waals surface area contributed by atoms with Crippen LogP contribution in [-0.2, 0) is 42.8 Å². The second-order valence-electron chi connectivity index (χ2n) is 12.6. The Morgan fingerprint density at radius 1 is 1.11 bits per heavy atom. The van der Waals surface area contributed by atoms with Gasteiger partial charge in [-0.3, -0.25) is 14.4 Å².